The van der Waals surface area contributed by atoms with Gasteiger partial charge in [-0.1, -0.05) is 32.0 Å². The molecule has 0 aromatic heterocycles. The molecule has 1 atom stereocenters. The monoisotopic (exact) mass is 403 g/mol. The predicted molar refractivity (Wildman–Crippen MR) is 126 cm³/mol. The zero-order valence-electron chi connectivity index (χ0n) is 18.8. The van der Waals surface area contributed by atoms with Crippen molar-refractivity contribution in [3.05, 3.63) is 64.9 Å². The minimum Gasteiger partial charge on any atom is -0.372 e. The molecule has 0 saturated heterocycles. The first-order chi connectivity index (χ1) is 14.3. The van der Waals surface area contributed by atoms with Crippen LogP contribution in [0.5, 0.6) is 0 Å². The maximum Gasteiger partial charge on any atom is 0.163 e. The Kier molecular flexibility index (Phi) is 5.35. The van der Waals surface area contributed by atoms with Gasteiger partial charge in [-0.2, -0.15) is 0 Å². The summed E-state index contributed by atoms with van der Waals surface area (Å²) in [6, 6.07) is 14.9. The van der Waals surface area contributed by atoms with Crippen LogP contribution in [-0.2, 0) is 4.79 Å². The Morgan fingerprint density at radius 3 is 2.37 bits per heavy atom. The Morgan fingerprint density at radius 2 is 1.70 bits per heavy atom. The van der Waals surface area contributed by atoms with Gasteiger partial charge in [0.1, 0.15) is 0 Å². The molecule has 0 radical (unpaired) electrons. The van der Waals surface area contributed by atoms with E-state index in [2.05, 4.69) is 92.6 Å². The Balaban J connectivity index is 1.80. The number of carbonyl (C=O) groups excluding carboxylic acids is 1. The average Bonchev–Trinajstić information content (AvgIpc) is 2.85. The summed E-state index contributed by atoms with van der Waals surface area (Å²) in [5, 5.41) is 7.31. The molecule has 0 fully saturated rings. The second-order valence-corrected chi connectivity index (χ2v) is 9.35. The topological polar surface area (TPSA) is 44.4 Å². The number of nitrogens with one attached hydrogen (secondary N) is 2. The van der Waals surface area contributed by atoms with Gasteiger partial charge >= 0.3 is 0 Å². The van der Waals surface area contributed by atoms with Crippen LogP contribution < -0.4 is 15.5 Å². The lowest BCUT2D eigenvalue weighted by atomic mass is 9.73. The van der Waals surface area contributed by atoms with Crippen LogP contribution in [0.2, 0.25) is 0 Å². The molecule has 4 rings (SSSR count). The van der Waals surface area contributed by atoms with Crippen molar-refractivity contribution in [3.8, 4) is 0 Å². The van der Waals surface area contributed by atoms with Crippen molar-refractivity contribution in [2.45, 2.75) is 53.5 Å². The smallest absolute Gasteiger partial charge is 0.163 e. The largest absolute Gasteiger partial charge is 0.372 e. The first kappa shape index (κ1) is 20.5. The molecule has 4 nitrogen and oxygen atoms in total. The number of hydrogen-bond acceptors (Lipinski definition) is 4. The highest BCUT2D eigenvalue weighted by Crippen LogP contribution is 2.45. The highest BCUT2D eigenvalue weighted by molar-refractivity contribution is 6.01. The van der Waals surface area contributed by atoms with E-state index in [0.29, 0.717) is 6.42 Å². The number of ketones is 1. The van der Waals surface area contributed by atoms with Gasteiger partial charge in [-0.25, -0.2) is 0 Å². The lowest BCUT2D eigenvalue weighted by Gasteiger charge is -2.34. The van der Waals surface area contributed by atoms with Crippen LogP contribution in [0.3, 0.4) is 0 Å². The van der Waals surface area contributed by atoms with Gasteiger partial charge in [-0.3, -0.25) is 4.79 Å². The standard InChI is InChI=1S/C26H33N3O/c1-6-29(7-2)19-11-9-18(10-12-19)25-24-22(15-26(4,5)16-23(24)30)27-20-13-8-17(3)14-21(20)28-25/h8-14,25,27-28H,6-7,15-16H2,1-5H3/t25-/m1/s1. The van der Waals surface area contributed by atoms with E-state index in [0.717, 1.165) is 47.7 Å². The molecule has 2 aromatic carbocycles. The van der Waals surface area contributed by atoms with Crippen LogP contribution in [0.25, 0.3) is 0 Å². The fourth-order valence-electron chi connectivity index (χ4n) is 4.77. The van der Waals surface area contributed by atoms with Crippen molar-refractivity contribution in [3.63, 3.8) is 0 Å². The number of nitrogens with zero attached hydrogens (tertiary/aromatic N) is 1. The fourth-order valence-corrected chi connectivity index (χ4v) is 4.77. The van der Waals surface area contributed by atoms with Crippen molar-refractivity contribution in [1.29, 1.82) is 0 Å². The SMILES string of the molecule is CCN(CC)c1ccc([C@H]2Nc3cc(C)ccc3NC3=C2C(=O)CC(C)(C)C3)cc1. The zero-order chi connectivity index (χ0) is 21.5. The number of allylic oxidation sites excluding steroid dienone is 1. The number of fused-ring (bicyclic) bond motifs is 1. The lowest BCUT2D eigenvalue weighted by Crippen LogP contribution is -2.31. The van der Waals surface area contributed by atoms with Gasteiger partial charge in [-0.15, -0.1) is 0 Å². The molecule has 0 saturated carbocycles. The van der Waals surface area contributed by atoms with Gasteiger partial charge < -0.3 is 15.5 Å². The van der Waals surface area contributed by atoms with E-state index in [-0.39, 0.29) is 17.2 Å². The molecular weight excluding hydrogens is 370 g/mol. The molecule has 0 amide bonds. The molecule has 1 aliphatic heterocycles. The molecule has 2 aliphatic rings. The van der Waals surface area contributed by atoms with Crippen LogP contribution in [-0.4, -0.2) is 18.9 Å². The number of Topliss-reactive ketones (excluding diaryl/α,β-unsaturated/α-hetero) is 1. The normalized spacial score (nSPS) is 19.9. The Morgan fingerprint density at radius 1 is 1.00 bits per heavy atom. The van der Waals surface area contributed by atoms with Crippen molar-refractivity contribution < 1.29 is 4.79 Å². The van der Waals surface area contributed by atoms with E-state index in [4.69, 9.17) is 0 Å². The molecule has 0 unspecified atom stereocenters. The van der Waals surface area contributed by atoms with E-state index < -0.39 is 0 Å². The summed E-state index contributed by atoms with van der Waals surface area (Å²) >= 11 is 0. The van der Waals surface area contributed by atoms with Gasteiger partial charge in [0.15, 0.2) is 5.78 Å². The molecule has 158 valence electrons. The van der Waals surface area contributed by atoms with E-state index in [1.807, 2.05) is 0 Å². The molecule has 2 N–H and O–H groups in total. The molecule has 1 aliphatic carbocycles. The number of aryl methyl sites for hydroxylation is 1. The predicted octanol–water partition coefficient (Wildman–Crippen LogP) is 6.06. The molecule has 1 heterocycles. The molecular formula is C26H33N3O. The van der Waals surface area contributed by atoms with Crippen LogP contribution in [0.1, 0.15) is 57.7 Å². The summed E-state index contributed by atoms with van der Waals surface area (Å²) in [4.78, 5) is 15.7. The Labute approximate surface area is 180 Å². The summed E-state index contributed by atoms with van der Waals surface area (Å²) in [7, 11) is 0. The van der Waals surface area contributed by atoms with Gasteiger partial charge in [0.2, 0.25) is 0 Å². The van der Waals surface area contributed by atoms with E-state index in [1.54, 1.807) is 0 Å². The first-order valence-electron chi connectivity index (χ1n) is 11.1. The van der Waals surface area contributed by atoms with Crippen LogP contribution in [0.4, 0.5) is 17.1 Å². The fraction of sp³-hybridized carbons (Fsp3) is 0.423. The number of anilines is 3. The first-order valence-corrected chi connectivity index (χ1v) is 11.1. The maximum atomic E-state index is 13.3. The Bertz CT molecular complexity index is 984. The lowest BCUT2D eigenvalue weighted by molar-refractivity contribution is -0.118. The van der Waals surface area contributed by atoms with E-state index in [1.165, 1.54) is 11.3 Å². The average molecular weight is 404 g/mol. The van der Waals surface area contributed by atoms with Crippen LogP contribution in [0, 0.1) is 12.3 Å². The molecule has 0 bridgehead atoms. The van der Waals surface area contributed by atoms with Gasteiger partial charge in [-0.05, 0) is 68.0 Å². The highest BCUT2D eigenvalue weighted by atomic mass is 16.1. The zero-order valence-corrected chi connectivity index (χ0v) is 18.8. The third-order valence-corrected chi connectivity index (χ3v) is 6.32. The summed E-state index contributed by atoms with van der Waals surface area (Å²) in [5.74, 6) is 0.239. The second kappa shape index (κ2) is 7.82. The second-order valence-electron chi connectivity index (χ2n) is 9.35. The highest BCUT2D eigenvalue weighted by Gasteiger charge is 2.38. The maximum absolute atomic E-state index is 13.3. The quantitative estimate of drug-likeness (QED) is 0.651. The van der Waals surface area contributed by atoms with E-state index >= 15 is 0 Å². The number of rotatable bonds is 4. The van der Waals surface area contributed by atoms with Crippen LogP contribution in [0.15, 0.2) is 53.7 Å². The summed E-state index contributed by atoms with van der Waals surface area (Å²) < 4.78 is 0. The molecule has 2 aromatic rings. The molecule has 0 spiro atoms. The molecule has 30 heavy (non-hydrogen) atoms. The molecule has 4 heteroatoms. The van der Waals surface area contributed by atoms with E-state index in [9.17, 15) is 4.79 Å². The van der Waals surface area contributed by atoms with Crippen LogP contribution >= 0.6 is 0 Å². The van der Waals surface area contributed by atoms with Crippen molar-refractivity contribution in [2.75, 3.05) is 28.6 Å². The Hall–Kier alpha value is -2.75. The minimum atomic E-state index is -0.148. The summed E-state index contributed by atoms with van der Waals surface area (Å²) in [6.45, 7) is 12.8. The number of carbonyl (C=O) groups is 1. The van der Waals surface area contributed by atoms with Gasteiger partial charge in [0.25, 0.3) is 0 Å². The summed E-state index contributed by atoms with van der Waals surface area (Å²) in [5.41, 5.74) is 7.55. The third kappa shape index (κ3) is 3.83. The number of hydrogen-bond donors (Lipinski definition) is 2. The summed E-state index contributed by atoms with van der Waals surface area (Å²) in [6.07, 6.45) is 1.45. The minimum absolute atomic E-state index is 0.0325. The van der Waals surface area contributed by atoms with Crippen molar-refractivity contribution in [1.82, 2.24) is 0 Å². The van der Waals surface area contributed by atoms with Gasteiger partial charge in [0.05, 0.1) is 17.4 Å². The third-order valence-electron chi connectivity index (χ3n) is 6.32. The van der Waals surface area contributed by atoms with Crippen molar-refractivity contribution >= 4 is 22.8 Å². The number of benzene rings is 2. The van der Waals surface area contributed by atoms with Crippen molar-refractivity contribution in [2.24, 2.45) is 5.41 Å². The van der Waals surface area contributed by atoms with Gasteiger partial charge in [0, 0.05) is 36.5 Å².